The Bertz CT molecular complexity index is 2370. The number of azo groups is 1. The van der Waals surface area contributed by atoms with Gasteiger partial charge in [-0.25, -0.2) is 9.00 Å². The molecule has 20 heteroatoms. The normalized spacial score (nSPS) is 12.6. The van der Waals surface area contributed by atoms with Gasteiger partial charge in [0, 0.05) is 17.4 Å². The van der Waals surface area contributed by atoms with E-state index in [2.05, 4.69) is 15.3 Å². The van der Waals surface area contributed by atoms with Gasteiger partial charge >= 0.3 is 5.97 Å². The van der Waals surface area contributed by atoms with Crippen molar-refractivity contribution in [3.8, 4) is 5.75 Å². The van der Waals surface area contributed by atoms with E-state index in [1.165, 1.54) is 12.1 Å². The fourth-order valence-electron chi connectivity index (χ4n) is 3.77. The molecule has 222 valence electrons. The lowest BCUT2D eigenvalue weighted by Gasteiger charge is -2.08. The van der Waals surface area contributed by atoms with Gasteiger partial charge in [0.25, 0.3) is 15.8 Å². The predicted molar refractivity (Wildman–Crippen MR) is 144 cm³/mol. The Morgan fingerprint density at radius 1 is 1.00 bits per heavy atom. The van der Waals surface area contributed by atoms with Crippen molar-refractivity contribution >= 4 is 48.9 Å². The maximum atomic E-state index is 13.6. The zero-order valence-corrected chi connectivity index (χ0v) is 22.5. The van der Waals surface area contributed by atoms with Crippen LogP contribution in [0.15, 0.2) is 79.6 Å². The molecule has 18 nitrogen and oxygen atoms in total. The molecule has 0 fully saturated rings. The van der Waals surface area contributed by atoms with Gasteiger partial charge in [0.2, 0.25) is 15.5 Å². The number of anilines is 1. The minimum absolute atomic E-state index is 0.263. The number of non-ortho nitro benzene ring substituents is 1. The summed E-state index contributed by atoms with van der Waals surface area (Å²) in [5.41, 5.74) is -2.41. The van der Waals surface area contributed by atoms with Gasteiger partial charge in [0.15, 0.2) is 11.1 Å². The Balaban J connectivity index is 2.14. The number of aromatic carboxylic acids is 1. The van der Waals surface area contributed by atoms with Crippen LogP contribution in [0.4, 0.5) is 22.7 Å². The molecule has 0 saturated carbocycles. The number of nitro benzene ring substituents is 1. The average Bonchev–Trinajstić information content (AvgIpc) is 2.91. The van der Waals surface area contributed by atoms with Crippen LogP contribution in [0.1, 0.15) is 10.4 Å². The number of carbonyl (C=O) groups is 1. The fourth-order valence-corrected chi connectivity index (χ4v) is 5.13. The predicted octanol–water partition coefficient (Wildman–Crippen LogP) is 1.79. The maximum absolute atomic E-state index is 13.6. The third-order valence-electron chi connectivity index (χ3n) is 5.68. The zero-order chi connectivity index (χ0) is 31.9. The molecule has 2 aromatic rings. The Hall–Kier alpha value is -5.41. The summed E-state index contributed by atoms with van der Waals surface area (Å²) in [4.78, 5) is 33.9. The summed E-state index contributed by atoms with van der Waals surface area (Å²) in [6, 6.07) is 10.2. The minimum atomic E-state index is -5.39. The standard InChI is InChI=1S/C23H16N6O12S2/c24-19-14(26-25-10-4-2-1-3-5-10)9-16(42(36,37)38)12-8-17(43(39,40)41)20(22(31)18(12)19)28-27-15-7-11(29(34)35)6-13(21(15)30)23(32)33/h1-9,24,27,30H,(H,32,33)(H2,36,37,38)(H,39,40,41). The number of carboxylic acid groups (broad SMARTS) is 1. The van der Waals surface area contributed by atoms with Crippen LogP contribution in [0.3, 0.4) is 0 Å². The summed E-state index contributed by atoms with van der Waals surface area (Å²) < 4.78 is 65.5. The first-order valence-corrected chi connectivity index (χ1v) is 14.1. The molecule has 0 radical (unpaired) electrons. The quantitative estimate of drug-likeness (QED) is 0.0382. The molecular weight excluding hydrogens is 616 g/mol. The molecule has 0 aromatic heterocycles. The number of hydrogen-bond acceptors (Lipinski definition) is 13. The molecule has 0 bridgehead atoms. The number of aromatic hydroxyl groups is 1. The summed E-state index contributed by atoms with van der Waals surface area (Å²) in [6.07, 6.45) is 0. The highest BCUT2D eigenvalue weighted by atomic mass is 32.2. The molecule has 2 aromatic carbocycles. The largest absolute Gasteiger partial charge is 0.505 e. The highest BCUT2D eigenvalue weighted by molar-refractivity contribution is 7.85. The third-order valence-corrected chi connectivity index (χ3v) is 7.46. The smallest absolute Gasteiger partial charge is 0.339 e. The van der Waals surface area contributed by atoms with E-state index in [0.29, 0.717) is 24.3 Å². The number of hydrogen-bond donors (Lipinski definition) is 7. The van der Waals surface area contributed by atoms with Crippen LogP contribution >= 0.6 is 0 Å². The second-order valence-electron chi connectivity index (χ2n) is 8.43. The Morgan fingerprint density at radius 3 is 2.21 bits per heavy atom. The van der Waals surface area contributed by atoms with Crippen molar-refractivity contribution in [1.29, 1.82) is 5.41 Å². The van der Waals surface area contributed by atoms with Gasteiger partial charge in [0.05, 0.1) is 25.7 Å². The van der Waals surface area contributed by atoms with Gasteiger partial charge in [-0.2, -0.15) is 18.6 Å². The van der Waals surface area contributed by atoms with Crippen molar-refractivity contribution in [2.75, 3.05) is 5.43 Å². The van der Waals surface area contributed by atoms with Crippen molar-refractivity contribution < 1.29 is 46.2 Å². The van der Waals surface area contributed by atoms with Crippen LogP contribution < -0.4 is 21.6 Å². The van der Waals surface area contributed by atoms with Crippen molar-refractivity contribution in [2.24, 2.45) is 15.3 Å². The van der Waals surface area contributed by atoms with Crippen LogP contribution in [0, 0.1) is 30.5 Å². The van der Waals surface area contributed by atoms with E-state index in [1.807, 2.05) is 5.43 Å². The third kappa shape index (κ3) is 6.12. The van der Waals surface area contributed by atoms with Gasteiger partial charge in [-0.05, 0) is 24.3 Å². The monoisotopic (exact) mass is 632 g/mol. The lowest BCUT2D eigenvalue weighted by atomic mass is 10.1. The number of benzene rings is 2. The molecule has 2 aliphatic carbocycles. The van der Waals surface area contributed by atoms with E-state index < -0.39 is 95.5 Å². The molecular formula is C23H16N6O12S2. The second-order valence-corrected chi connectivity index (χ2v) is 11.2. The lowest BCUT2D eigenvalue weighted by Crippen LogP contribution is -2.35. The minimum Gasteiger partial charge on any atom is -0.505 e. The Labute approximate surface area is 238 Å². The molecule has 0 spiro atoms. The van der Waals surface area contributed by atoms with E-state index in [9.17, 15) is 56.2 Å². The highest BCUT2D eigenvalue weighted by Crippen LogP contribution is 2.32. The van der Waals surface area contributed by atoms with Gasteiger partial charge in [-0.1, -0.05) is 18.2 Å². The highest BCUT2D eigenvalue weighted by Gasteiger charge is 2.23. The first kappa shape index (κ1) is 30.5. The van der Waals surface area contributed by atoms with Crippen molar-refractivity contribution in [3.63, 3.8) is 0 Å². The first-order valence-electron chi connectivity index (χ1n) is 11.2. The fraction of sp³-hybridized carbons (Fsp3) is 0. The lowest BCUT2D eigenvalue weighted by molar-refractivity contribution is -0.384. The molecule has 0 unspecified atom stereocenters. The van der Waals surface area contributed by atoms with E-state index in [1.54, 1.807) is 18.2 Å². The number of nitrogens with one attached hydrogen (secondary N) is 2. The van der Waals surface area contributed by atoms with E-state index in [0.717, 1.165) is 0 Å². The van der Waals surface area contributed by atoms with Gasteiger partial charge < -0.3 is 10.2 Å². The van der Waals surface area contributed by atoms with Crippen LogP contribution in [-0.2, 0) is 20.2 Å². The molecule has 4 rings (SSSR count). The van der Waals surface area contributed by atoms with Gasteiger partial charge in [0.1, 0.15) is 21.8 Å². The summed E-state index contributed by atoms with van der Waals surface area (Å²) >= 11 is 0. The Morgan fingerprint density at radius 2 is 1.65 bits per heavy atom. The average molecular weight is 633 g/mol. The number of rotatable bonds is 7. The SMILES string of the molecule is N=c1c(N=Nc2ccccc2)cc(=S(=O)(O)O)c2cc(S(=O)(=O)O)c(=NNc3cc([N+](=O)[O-])cc(C(=O)O)c3O)c(=O)c1=2. The molecule has 7 N–H and O–H groups in total. The zero-order valence-electron chi connectivity index (χ0n) is 20.9. The van der Waals surface area contributed by atoms with E-state index in [-0.39, 0.29) is 5.69 Å². The van der Waals surface area contributed by atoms with Gasteiger partial charge in [-0.15, -0.1) is 5.11 Å². The first-order chi connectivity index (χ1) is 20.0. The molecule has 2 aliphatic rings. The molecule has 0 saturated heterocycles. The summed E-state index contributed by atoms with van der Waals surface area (Å²) in [5, 5.41) is 46.8. The number of phenols is 1. The molecule has 0 heterocycles. The molecule has 0 aliphatic heterocycles. The van der Waals surface area contributed by atoms with E-state index >= 15 is 0 Å². The van der Waals surface area contributed by atoms with Crippen molar-refractivity contribution in [2.45, 2.75) is 4.90 Å². The molecule has 43 heavy (non-hydrogen) atoms. The summed E-state index contributed by atoms with van der Waals surface area (Å²) in [5.74, 6) is -2.89. The van der Waals surface area contributed by atoms with E-state index in [4.69, 9.17) is 5.41 Å². The van der Waals surface area contributed by atoms with Crippen LogP contribution in [0.2, 0.25) is 0 Å². The van der Waals surface area contributed by atoms with Crippen LogP contribution in [0.5, 0.6) is 5.75 Å². The molecule has 0 amide bonds. The van der Waals surface area contributed by atoms with Crippen LogP contribution in [0.25, 0.3) is 0 Å². The van der Waals surface area contributed by atoms with Crippen LogP contribution in [-0.4, -0.2) is 47.4 Å². The number of nitro groups is 1. The maximum Gasteiger partial charge on any atom is 0.339 e. The summed E-state index contributed by atoms with van der Waals surface area (Å²) in [7, 11) is -10.4. The Kier molecular flexibility index (Phi) is 7.89. The second kappa shape index (κ2) is 11.1. The van der Waals surface area contributed by atoms with Crippen molar-refractivity contribution in [1.82, 2.24) is 0 Å². The number of carboxylic acids is 1. The van der Waals surface area contributed by atoms with Crippen molar-refractivity contribution in [3.05, 3.63) is 106 Å². The summed E-state index contributed by atoms with van der Waals surface area (Å²) in [6.45, 7) is 0. The molecule has 0 atom stereocenters. The van der Waals surface area contributed by atoms with Gasteiger partial charge in [-0.3, -0.25) is 39.4 Å². The number of nitrogens with zero attached hydrogens (tertiary/aromatic N) is 4. The topological polar surface area (TPSA) is 303 Å².